The fourth-order valence-electron chi connectivity index (χ4n) is 3.56. The number of nitriles is 1. The van der Waals surface area contributed by atoms with Crippen molar-refractivity contribution >= 4 is 22.5 Å². The highest BCUT2D eigenvalue weighted by molar-refractivity contribution is 7.15. The molecule has 0 aliphatic rings. The molecule has 0 aromatic carbocycles. The number of nitrogens with one attached hydrogen (secondary N) is 1. The number of aliphatic hydroxyl groups excluding tert-OH is 1. The van der Waals surface area contributed by atoms with Gasteiger partial charge in [0, 0.05) is 23.5 Å². The number of rotatable bonds is 7. The van der Waals surface area contributed by atoms with E-state index < -0.39 is 6.29 Å². The van der Waals surface area contributed by atoms with Crippen molar-refractivity contribution in [2.24, 2.45) is 0 Å². The monoisotopic (exact) mass is 448 g/mol. The highest BCUT2D eigenvalue weighted by atomic mass is 32.1. The number of hydrogen-bond acceptors (Lipinski definition) is 8. The number of aliphatic hydroxyl groups is 2. The van der Waals surface area contributed by atoms with E-state index in [1.807, 2.05) is 31.3 Å². The predicted octanol–water partition coefficient (Wildman–Crippen LogP) is 3.63. The number of pyridine rings is 1. The van der Waals surface area contributed by atoms with Crippen LogP contribution in [-0.2, 0) is 12.8 Å². The number of aryl methyl sites for hydroxylation is 1. The summed E-state index contributed by atoms with van der Waals surface area (Å²) in [5.74, 6) is 0. The lowest BCUT2D eigenvalue weighted by Crippen LogP contribution is -2.11. The summed E-state index contributed by atoms with van der Waals surface area (Å²) in [7, 11) is 0. The Morgan fingerprint density at radius 1 is 1.22 bits per heavy atom. The second-order valence-electron chi connectivity index (χ2n) is 7.75. The number of nitrogens with zero attached hydrogens (tertiary/aromatic N) is 5. The van der Waals surface area contributed by atoms with Gasteiger partial charge in [-0.15, -0.1) is 11.3 Å². The number of fused-ring (bicyclic) bond motifs is 1. The number of aromatic nitrogens is 4. The highest BCUT2D eigenvalue weighted by Gasteiger charge is 2.19. The van der Waals surface area contributed by atoms with Gasteiger partial charge in [-0.3, -0.25) is 4.98 Å². The highest BCUT2D eigenvalue weighted by Crippen LogP contribution is 2.38. The van der Waals surface area contributed by atoms with Gasteiger partial charge in [0.1, 0.15) is 6.07 Å². The van der Waals surface area contributed by atoms with E-state index in [0.717, 1.165) is 45.1 Å². The number of anilines is 1. The molecule has 0 fully saturated rings. The number of thiazole rings is 1. The molecule has 0 saturated carbocycles. The smallest absolute Gasteiger partial charge is 0.157 e. The van der Waals surface area contributed by atoms with E-state index in [-0.39, 0.29) is 12.5 Å². The molecule has 4 aromatic heterocycles. The van der Waals surface area contributed by atoms with Gasteiger partial charge in [0.05, 0.1) is 50.7 Å². The van der Waals surface area contributed by atoms with Crippen LogP contribution in [0.2, 0.25) is 0 Å². The van der Waals surface area contributed by atoms with E-state index in [2.05, 4.69) is 35.3 Å². The van der Waals surface area contributed by atoms with Gasteiger partial charge < -0.3 is 15.5 Å². The van der Waals surface area contributed by atoms with E-state index in [1.54, 1.807) is 16.8 Å². The molecule has 32 heavy (non-hydrogen) atoms. The number of hydrogen-bond donors (Lipinski definition) is 3. The third-order valence-corrected chi connectivity index (χ3v) is 6.07. The Morgan fingerprint density at radius 2 is 2.03 bits per heavy atom. The Kier molecular flexibility index (Phi) is 6.19. The van der Waals surface area contributed by atoms with Gasteiger partial charge in [-0.2, -0.15) is 10.4 Å². The average Bonchev–Trinajstić information content (AvgIpc) is 3.36. The molecule has 3 N–H and O–H groups in total. The van der Waals surface area contributed by atoms with Crippen molar-refractivity contribution in [3.63, 3.8) is 0 Å². The van der Waals surface area contributed by atoms with Gasteiger partial charge in [0.15, 0.2) is 6.29 Å². The van der Waals surface area contributed by atoms with Crippen molar-refractivity contribution in [2.75, 3.05) is 5.32 Å². The van der Waals surface area contributed by atoms with Crippen LogP contribution in [0.1, 0.15) is 37.0 Å². The molecule has 0 unspecified atom stereocenters. The zero-order valence-corrected chi connectivity index (χ0v) is 18.9. The van der Waals surface area contributed by atoms with Crippen molar-refractivity contribution in [2.45, 2.75) is 45.9 Å². The molecule has 9 heteroatoms. The normalized spacial score (nSPS) is 11.4. The summed E-state index contributed by atoms with van der Waals surface area (Å²) in [5.41, 5.74) is 5.67. The van der Waals surface area contributed by atoms with Crippen LogP contribution in [0.4, 0.5) is 5.69 Å². The Balaban J connectivity index is 1.82. The van der Waals surface area contributed by atoms with Crippen LogP contribution in [0.5, 0.6) is 0 Å². The summed E-state index contributed by atoms with van der Waals surface area (Å²) in [6, 6.07) is 9.95. The largest absolute Gasteiger partial charge is 0.382 e. The minimum absolute atomic E-state index is 0.0998. The summed E-state index contributed by atoms with van der Waals surface area (Å²) in [5, 5.41) is 36.4. The first kappa shape index (κ1) is 21.9. The van der Waals surface area contributed by atoms with E-state index in [4.69, 9.17) is 10.2 Å². The lowest BCUT2D eigenvalue weighted by Gasteiger charge is -2.16. The molecule has 0 aliphatic heterocycles. The maximum atomic E-state index is 9.36. The first-order valence-electron chi connectivity index (χ1n) is 10.4. The molecule has 0 spiro atoms. The second-order valence-corrected chi connectivity index (χ2v) is 8.83. The lowest BCUT2D eigenvalue weighted by atomic mass is 10.1. The Hall–Kier alpha value is -3.32. The summed E-state index contributed by atoms with van der Waals surface area (Å²) in [6.45, 7) is 6.17. The molecule has 4 aromatic rings. The van der Waals surface area contributed by atoms with Crippen molar-refractivity contribution in [3.05, 3.63) is 52.9 Å². The fourth-order valence-corrected chi connectivity index (χ4v) is 4.76. The van der Waals surface area contributed by atoms with Gasteiger partial charge in [-0.1, -0.05) is 6.92 Å². The minimum Gasteiger partial charge on any atom is -0.382 e. The van der Waals surface area contributed by atoms with Gasteiger partial charge in [0.2, 0.25) is 0 Å². The molecule has 4 heterocycles. The van der Waals surface area contributed by atoms with E-state index >= 15 is 0 Å². The Bertz CT molecular complexity index is 1300. The molecule has 8 nitrogen and oxygen atoms in total. The maximum absolute atomic E-state index is 9.36. The van der Waals surface area contributed by atoms with Crippen molar-refractivity contribution in [3.8, 4) is 27.9 Å². The quantitative estimate of drug-likeness (QED) is 0.369. The molecule has 0 aliphatic carbocycles. The molecule has 0 saturated heterocycles. The average molecular weight is 449 g/mol. The molecule has 4 rings (SSSR count). The van der Waals surface area contributed by atoms with Gasteiger partial charge in [-0.25, -0.2) is 9.50 Å². The minimum atomic E-state index is -1.43. The Morgan fingerprint density at radius 3 is 2.72 bits per heavy atom. The first-order valence-corrected chi connectivity index (χ1v) is 11.2. The van der Waals surface area contributed by atoms with Crippen molar-refractivity contribution < 1.29 is 10.2 Å². The van der Waals surface area contributed by atoms with Gasteiger partial charge >= 0.3 is 0 Å². The van der Waals surface area contributed by atoms with Crippen LogP contribution < -0.4 is 5.32 Å². The van der Waals surface area contributed by atoms with Gasteiger partial charge in [0.25, 0.3) is 0 Å². The molecule has 164 valence electrons. The molecular weight excluding hydrogens is 424 g/mol. The summed E-state index contributed by atoms with van der Waals surface area (Å²) < 4.78 is 1.77. The summed E-state index contributed by atoms with van der Waals surface area (Å²) >= 11 is 1.46. The van der Waals surface area contributed by atoms with Crippen molar-refractivity contribution in [1.82, 2.24) is 19.6 Å². The van der Waals surface area contributed by atoms with Crippen molar-refractivity contribution in [1.29, 1.82) is 5.26 Å². The topological polar surface area (TPSA) is 119 Å². The van der Waals surface area contributed by atoms with Crippen LogP contribution >= 0.6 is 11.3 Å². The lowest BCUT2D eigenvalue weighted by molar-refractivity contribution is -0.0381. The summed E-state index contributed by atoms with van der Waals surface area (Å²) in [4.78, 5) is 10.3. The van der Waals surface area contributed by atoms with Crippen LogP contribution in [0.15, 0.2) is 36.7 Å². The van der Waals surface area contributed by atoms with Crippen LogP contribution in [-0.4, -0.2) is 42.1 Å². The molecule has 0 amide bonds. The van der Waals surface area contributed by atoms with Gasteiger partial charge in [-0.05, 0) is 44.5 Å². The zero-order chi connectivity index (χ0) is 22.8. The molecule has 0 atom stereocenters. The van der Waals surface area contributed by atoms with E-state index in [1.165, 1.54) is 11.3 Å². The molecule has 0 bridgehead atoms. The molecule has 0 radical (unpaired) electrons. The predicted molar refractivity (Wildman–Crippen MR) is 124 cm³/mol. The van der Waals surface area contributed by atoms with E-state index in [9.17, 15) is 10.2 Å². The second kappa shape index (κ2) is 9.04. The van der Waals surface area contributed by atoms with E-state index in [0.29, 0.717) is 10.6 Å². The molecular formula is C23H24N6O2S. The third kappa shape index (κ3) is 4.34. The standard InChI is InChI=1S/C23H24N6O2S/c1-4-17-23(32-21(28-17)9-22(30)31)16-12-25-19(8-18(16)27-13(2)3)20-6-5-15-7-14(10-24)11-26-29(15)20/h5-8,11-13,22,30-31H,4,9H2,1-3H3,(H,25,27). The SMILES string of the molecule is CCc1nc(CC(O)O)sc1-c1cnc(-c2ccc3cc(C#N)cnn23)cc1NC(C)C. The van der Waals surface area contributed by atoms with Crippen LogP contribution in [0.3, 0.4) is 0 Å². The first-order chi connectivity index (χ1) is 15.4. The van der Waals surface area contributed by atoms with Crippen LogP contribution in [0.25, 0.3) is 27.3 Å². The summed E-state index contributed by atoms with van der Waals surface area (Å²) in [6.07, 6.45) is 2.77. The maximum Gasteiger partial charge on any atom is 0.157 e. The van der Waals surface area contributed by atoms with Crippen LogP contribution in [0, 0.1) is 11.3 Å². The fraction of sp³-hybridized carbons (Fsp3) is 0.304. The zero-order valence-electron chi connectivity index (χ0n) is 18.1. The Labute approximate surface area is 189 Å². The third-order valence-electron chi connectivity index (χ3n) is 4.92.